The van der Waals surface area contributed by atoms with E-state index in [1.807, 2.05) is 16.0 Å². The van der Waals surface area contributed by atoms with Gasteiger partial charge in [0.15, 0.2) is 0 Å². The minimum Gasteiger partial charge on any atom is -0.369 e. The Bertz CT molecular complexity index is 946. The average molecular weight is 314 g/mol. The number of rotatable bonds is 1. The van der Waals surface area contributed by atoms with E-state index in [2.05, 4.69) is 15.3 Å². The molecule has 1 aliphatic heterocycles. The lowest BCUT2D eigenvalue weighted by atomic mass is 10.2. The fraction of sp³-hybridized carbons (Fsp3) is 0.133. The molecule has 0 fully saturated rings. The molecule has 0 unspecified atom stereocenters. The van der Waals surface area contributed by atoms with Crippen molar-refractivity contribution in [2.45, 2.75) is 6.54 Å². The molecule has 0 saturated heterocycles. The first kappa shape index (κ1) is 13.1. The van der Waals surface area contributed by atoms with E-state index >= 15 is 0 Å². The quantitative estimate of drug-likeness (QED) is 0.750. The third kappa shape index (κ3) is 2.10. The number of halogens is 1. The molecule has 1 aliphatic rings. The van der Waals surface area contributed by atoms with Crippen LogP contribution in [0, 0.1) is 5.82 Å². The Morgan fingerprint density at radius 1 is 1.41 bits per heavy atom. The van der Waals surface area contributed by atoms with Crippen molar-refractivity contribution in [1.29, 1.82) is 0 Å². The van der Waals surface area contributed by atoms with Crippen molar-refractivity contribution in [2.75, 3.05) is 11.9 Å². The minimum atomic E-state index is -0.315. The van der Waals surface area contributed by atoms with Crippen molar-refractivity contribution >= 4 is 34.0 Å². The summed E-state index contributed by atoms with van der Waals surface area (Å²) in [5.74, 6) is 0.123. The molecule has 0 aliphatic carbocycles. The fourth-order valence-electron chi connectivity index (χ4n) is 2.53. The molecule has 3 aromatic rings. The van der Waals surface area contributed by atoms with Crippen LogP contribution in [0.5, 0.6) is 0 Å². The Kier molecular flexibility index (Phi) is 3.00. The van der Waals surface area contributed by atoms with Gasteiger partial charge in [0, 0.05) is 18.5 Å². The summed E-state index contributed by atoms with van der Waals surface area (Å²) >= 11 is 1.34. The average Bonchev–Trinajstić information content (AvgIpc) is 3.19. The van der Waals surface area contributed by atoms with Crippen molar-refractivity contribution in [3.05, 3.63) is 52.0 Å². The molecule has 0 atom stereocenters. The van der Waals surface area contributed by atoms with Crippen LogP contribution < -0.4 is 10.9 Å². The molecule has 1 aromatic carbocycles. The van der Waals surface area contributed by atoms with Crippen molar-refractivity contribution in [3.8, 4) is 0 Å². The number of nitrogens with zero attached hydrogens (tertiary/aromatic N) is 3. The van der Waals surface area contributed by atoms with Crippen molar-refractivity contribution < 1.29 is 9.18 Å². The zero-order valence-electron chi connectivity index (χ0n) is 11.4. The van der Waals surface area contributed by atoms with Crippen molar-refractivity contribution in [1.82, 2.24) is 9.55 Å². The smallest absolute Gasteiger partial charge is 0.290 e. The number of anilines is 1. The first-order chi connectivity index (χ1) is 10.7. The van der Waals surface area contributed by atoms with Crippen LogP contribution in [0.25, 0.3) is 10.9 Å². The van der Waals surface area contributed by atoms with Gasteiger partial charge in [-0.15, -0.1) is 11.3 Å². The largest absolute Gasteiger partial charge is 0.369 e. The molecule has 1 N–H and O–H groups in total. The molecular formula is C15H11FN4OS. The predicted molar refractivity (Wildman–Crippen MR) is 82.4 cm³/mol. The number of nitrogens with one attached hydrogen (secondary N) is 1. The van der Waals surface area contributed by atoms with Gasteiger partial charge in [-0.3, -0.25) is 9.36 Å². The lowest BCUT2D eigenvalue weighted by Crippen LogP contribution is -2.24. The van der Waals surface area contributed by atoms with E-state index in [0.717, 1.165) is 5.82 Å². The summed E-state index contributed by atoms with van der Waals surface area (Å²) in [4.78, 5) is 21.3. The Morgan fingerprint density at radius 2 is 2.32 bits per heavy atom. The van der Waals surface area contributed by atoms with Gasteiger partial charge in [0.1, 0.15) is 11.6 Å². The Balaban J connectivity index is 1.96. The van der Waals surface area contributed by atoms with E-state index in [-0.39, 0.29) is 11.7 Å². The van der Waals surface area contributed by atoms with Crippen LogP contribution in [-0.4, -0.2) is 22.0 Å². The maximum atomic E-state index is 13.5. The van der Waals surface area contributed by atoms with Gasteiger partial charge < -0.3 is 5.32 Å². The van der Waals surface area contributed by atoms with Crippen LogP contribution in [-0.2, 0) is 6.54 Å². The summed E-state index contributed by atoms with van der Waals surface area (Å²) in [7, 11) is 0. The normalized spacial score (nSPS) is 14.1. The van der Waals surface area contributed by atoms with Crippen molar-refractivity contribution in [3.63, 3.8) is 0 Å². The standard InChI is InChI=1S/C15H11FN4OS/c16-9-3-4-11-10(8-9)13-17-5-6-20(13)15(18-11)19-14(21)12-2-1-7-22-12/h1-4,7-8,17H,5-6H2. The monoisotopic (exact) mass is 314 g/mol. The minimum absolute atomic E-state index is 0.314. The lowest BCUT2D eigenvalue weighted by Gasteiger charge is -2.07. The van der Waals surface area contributed by atoms with Crippen LogP contribution in [0.3, 0.4) is 0 Å². The second-order valence-corrected chi connectivity index (χ2v) is 5.84. The second-order valence-electron chi connectivity index (χ2n) is 4.89. The third-order valence-corrected chi connectivity index (χ3v) is 4.36. The van der Waals surface area contributed by atoms with Gasteiger partial charge >= 0.3 is 0 Å². The van der Waals surface area contributed by atoms with Gasteiger partial charge in [-0.05, 0) is 29.6 Å². The Morgan fingerprint density at radius 3 is 3.14 bits per heavy atom. The molecule has 0 radical (unpaired) electrons. The number of hydrogen-bond acceptors (Lipinski definition) is 4. The Labute approximate surface area is 128 Å². The van der Waals surface area contributed by atoms with E-state index in [0.29, 0.717) is 34.5 Å². The second kappa shape index (κ2) is 5.03. The third-order valence-electron chi connectivity index (χ3n) is 3.51. The van der Waals surface area contributed by atoms with Crippen molar-refractivity contribution in [2.24, 2.45) is 4.99 Å². The first-order valence-electron chi connectivity index (χ1n) is 6.79. The van der Waals surface area contributed by atoms with Crippen LogP contribution >= 0.6 is 11.3 Å². The van der Waals surface area contributed by atoms with Crippen LogP contribution in [0.2, 0.25) is 0 Å². The summed E-state index contributed by atoms with van der Waals surface area (Å²) in [6, 6.07) is 7.93. The van der Waals surface area contributed by atoms with Crippen LogP contribution in [0.4, 0.5) is 10.2 Å². The molecule has 3 heterocycles. The van der Waals surface area contributed by atoms with Crippen LogP contribution in [0.1, 0.15) is 9.67 Å². The first-order valence-corrected chi connectivity index (χ1v) is 7.67. The highest BCUT2D eigenvalue weighted by atomic mass is 32.1. The number of fused-ring (bicyclic) bond motifs is 3. The van der Waals surface area contributed by atoms with E-state index in [1.54, 1.807) is 12.1 Å². The lowest BCUT2D eigenvalue weighted by molar-refractivity contribution is 0.100. The zero-order valence-corrected chi connectivity index (χ0v) is 12.2. The van der Waals surface area contributed by atoms with Gasteiger partial charge in [0.25, 0.3) is 5.91 Å². The molecule has 1 amide bonds. The Hall–Kier alpha value is -2.54. The zero-order chi connectivity index (χ0) is 15.1. The molecule has 22 heavy (non-hydrogen) atoms. The summed E-state index contributed by atoms with van der Waals surface area (Å²) in [5, 5.41) is 5.73. The number of benzene rings is 1. The number of aromatic nitrogens is 2. The molecule has 0 spiro atoms. The van der Waals surface area contributed by atoms with Gasteiger partial charge in [-0.25, -0.2) is 9.37 Å². The predicted octanol–water partition coefficient (Wildman–Crippen LogP) is 2.40. The highest BCUT2D eigenvalue weighted by molar-refractivity contribution is 7.12. The molecule has 0 saturated carbocycles. The number of carbonyl (C=O) groups is 1. The number of amides is 1. The van der Waals surface area contributed by atoms with E-state index in [9.17, 15) is 9.18 Å². The van der Waals surface area contributed by atoms with E-state index < -0.39 is 0 Å². The molecule has 2 aromatic heterocycles. The summed E-state index contributed by atoms with van der Waals surface area (Å²) < 4.78 is 15.3. The molecule has 110 valence electrons. The maximum absolute atomic E-state index is 13.5. The van der Waals surface area contributed by atoms with E-state index in [4.69, 9.17) is 0 Å². The van der Waals surface area contributed by atoms with Gasteiger partial charge in [-0.2, -0.15) is 4.99 Å². The molecule has 7 heteroatoms. The topological polar surface area (TPSA) is 59.3 Å². The SMILES string of the molecule is O=C(N=c1nc2ccc(F)cc2c2n1CCN2)c1cccs1. The molecule has 5 nitrogen and oxygen atoms in total. The van der Waals surface area contributed by atoms with Crippen LogP contribution in [0.15, 0.2) is 40.7 Å². The highest BCUT2D eigenvalue weighted by Crippen LogP contribution is 2.23. The van der Waals surface area contributed by atoms with Gasteiger partial charge in [0.2, 0.25) is 5.62 Å². The summed E-state index contributed by atoms with van der Waals surface area (Å²) in [5.41, 5.74) is 0.956. The summed E-state index contributed by atoms with van der Waals surface area (Å²) in [6.07, 6.45) is 0. The fourth-order valence-corrected chi connectivity index (χ4v) is 3.14. The molecular weight excluding hydrogens is 303 g/mol. The van der Waals surface area contributed by atoms with Gasteiger partial charge in [0.05, 0.1) is 10.4 Å². The number of carbonyl (C=O) groups excluding carboxylic acids is 1. The summed E-state index contributed by atoms with van der Waals surface area (Å²) in [6.45, 7) is 1.35. The van der Waals surface area contributed by atoms with Gasteiger partial charge in [-0.1, -0.05) is 6.07 Å². The maximum Gasteiger partial charge on any atom is 0.290 e. The highest BCUT2D eigenvalue weighted by Gasteiger charge is 2.16. The van der Waals surface area contributed by atoms with E-state index in [1.165, 1.54) is 23.5 Å². The number of thiophene rings is 1. The molecule has 0 bridgehead atoms. The molecule has 4 rings (SSSR count). The number of hydrogen-bond donors (Lipinski definition) is 1.